The minimum atomic E-state index is 0.0975. The molecule has 2 aromatic rings. The topological polar surface area (TPSA) is 58.1 Å². The van der Waals surface area contributed by atoms with Gasteiger partial charge in [0.15, 0.2) is 0 Å². The molecule has 0 bridgehead atoms. The Morgan fingerprint density at radius 2 is 2.14 bits per heavy atom. The number of carbonyl (C=O) groups is 1. The van der Waals surface area contributed by atoms with E-state index in [1.54, 1.807) is 24.7 Å². The summed E-state index contributed by atoms with van der Waals surface area (Å²) in [4.78, 5) is 22.1. The van der Waals surface area contributed by atoms with Crippen molar-refractivity contribution >= 4 is 23.3 Å². The van der Waals surface area contributed by atoms with E-state index in [4.69, 9.17) is 11.6 Å². The monoisotopic (exact) mass is 302 g/mol. The van der Waals surface area contributed by atoms with E-state index in [-0.39, 0.29) is 11.9 Å². The number of carbonyl (C=O) groups excluding carboxylic acids is 1. The van der Waals surface area contributed by atoms with Crippen LogP contribution in [0.4, 0.5) is 5.82 Å². The molecule has 0 radical (unpaired) electrons. The van der Waals surface area contributed by atoms with Gasteiger partial charge in [0.25, 0.3) is 0 Å². The molecule has 0 spiro atoms. The molecular weight excluding hydrogens is 288 g/mol. The maximum atomic E-state index is 12.2. The number of hydrogen-bond donors (Lipinski definition) is 1. The Labute approximate surface area is 128 Å². The van der Waals surface area contributed by atoms with Gasteiger partial charge in [0, 0.05) is 30.5 Å². The van der Waals surface area contributed by atoms with Gasteiger partial charge in [-0.2, -0.15) is 0 Å². The van der Waals surface area contributed by atoms with Crippen molar-refractivity contribution in [3.63, 3.8) is 0 Å². The molecule has 1 amide bonds. The average molecular weight is 303 g/mol. The number of rotatable bonds is 4. The predicted molar refractivity (Wildman–Crippen MR) is 81.2 cm³/mol. The van der Waals surface area contributed by atoms with Crippen molar-refractivity contribution in [1.29, 1.82) is 0 Å². The third-order valence-electron chi connectivity index (χ3n) is 3.45. The second kappa shape index (κ2) is 6.10. The van der Waals surface area contributed by atoms with Gasteiger partial charge in [0.2, 0.25) is 5.91 Å². The summed E-state index contributed by atoms with van der Waals surface area (Å²) in [7, 11) is 0. The zero-order valence-electron chi connectivity index (χ0n) is 11.4. The highest BCUT2D eigenvalue weighted by Gasteiger charge is 2.30. The van der Waals surface area contributed by atoms with Crippen LogP contribution in [-0.4, -0.2) is 39.9 Å². The highest BCUT2D eigenvalue weighted by Crippen LogP contribution is 2.19. The van der Waals surface area contributed by atoms with Gasteiger partial charge in [-0.15, -0.1) is 0 Å². The summed E-state index contributed by atoms with van der Waals surface area (Å²) in [6.45, 7) is 1.36. The lowest BCUT2D eigenvalue weighted by Crippen LogP contribution is -2.57. The molecule has 0 unspecified atom stereocenters. The van der Waals surface area contributed by atoms with Crippen molar-refractivity contribution in [2.24, 2.45) is 0 Å². The normalized spacial score (nSPS) is 14.6. The lowest BCUT2D eigenvalue weighted by atomic mass is 10.1. The SMILES string of the molecule is O=C(Cc1ccccc1Cl)N1CC(Nc2cnccn2)C1. The Kier molecular flexibility index (Phi) is 4.01. The fourth-order valence-corrected chi connectivity index (χ4v) is 2.48. The molecule has 3 rings (SSSR count). The van der Waals surface area contributed by atoms with Crippen molar-refractivity contribution in [3.8, 4) is 0 Å². The first-order valence-electron chi connectivity index (χ1n) is 6.76. The first-order valence-corrected chi connectivity index (χ1v) is 7.14. The van der Waals surface area contributed by atoms with Gasteiger partial charge >= 0.3 is 0 Å². The standard InChI is InChI=1S/C15H15ClN4O/c16-13-4-2-1-3-11(13)7-15(21)20-9-12(10-20)19-14-8-17-5-6-18-14/h1-6,8,12H,7,9-10H2,(H,18,19). The van der Waals surface area contributed by atoms with Crippen LogP contribution in [0.3, 0.4) is 0 Å². The number of aromatic nitrogens is 2. The summed E-state index contributed by atoms with van der Waals surface area (Å²) in [6, 6.07) is 7.68. The number of nitrogens with zero attached hydrogens (tertiary/aromatic N) is 3. The van der Waals surface area contributed by atoms with E-state index < -0.39 is 0 Å². The first kappa shape index (κ1) is 13.8. The summed E-state index contributed by atoms with van der Waals surface area (Å²) in [5, 5.41) is 3.88. The maximum absolute atomic E-state index is 12.2. The number of halogens is 1. The third-order valence-corrected chi connectivity index (χ3v) is 3.82. The van der Waals surface area contributed by atoms with Crippen molar-refractivity contribution < 1.29 is 4.79 Å². The van der Waals surface area contributed by atoms with Gasteiger partial charge in [0.05, 0.1) is 18.7 Å². The lowest BCUT2D eigenvalue weighted by Gasteiger charge is -2.39. The summed E-state index contributed by atoms with van der Waals surface area (Å²) in [6.07, 6.45) is 5.29. The Bertz CT molecular complexity index is 629. The third kappa shape index (κ3) is 3.31. The van der Waals surface area contributed by atoms with E-state index in [1.165, 1.54) is 0 Å². The molecule has 5 nitrogen and oxygen atoms in total. The Morgan fingerprint density at radius 3 is 2.86 bits per heavy atom. The lowest BCUT2D eigenvalue weighted by molar-refractivity contribution is -0.134. The maximum Gasteiger partial charge on any atom is 0.227 e. The first-order chi connectivity index (χ1) is 10.2. The van der Waals surface area contributed by atoms with Crippen LogP contribution in [0.1, 0.15) is 5.56 Å². The van der Waals surface area contributed by atoms with Crippen molar-refractivity contribution in [2.75, 3.05) is 18.4 Å². The number of hydrogen-bond acceptors (Lipinski definition) is 4. The van der Waals surface area contributed by atoms with Gasteiger partial charge in [-0.25, -0.2) is 4.98 Å². The van der Waals surface area contributed by atoms with Crippen molar-refractivity contribution in [1.82, 2.24) is 14.9 Å². The number of anilines is 1. The fraction of sp³-hybridized carbons (Fsp3) is 0.267. The molecule has 6 heteroatoms. The summed E-state index contributed by atoms with van der Waals surface area (Å²) in [5.41, 5.74) is 0.870. The van der Waals surface area contributed by atoms with E-state index in [9.17, 15) is 4.79 Å². The van der Waals surface area contributed by atoms with E-state index in [0.717, 1.165) is 11.4 Å². The fourth-order valence-electron chi connectivity index (χ4n) is 2.27. The highest BCUT2D eigenvalue weighted by atomic mass is 35.5. The molecule has 1 fully saturated rings. The van der Waals surface area contributed by atoms with Crippen LogP contribution in [0.5, 0.6) is 0 Å². The van der Waals surface area contributed by atoms with E-state index in [1.807, 2.05) is 23.1 Å². The molecule has 1 aliphatic heterocycles. The molecule has 1 saturated heterocycles. The molecule has 21 heavy (non-hydrogen) atoms. The minimum absolute atomic E-state index is 0.0975. The molecule has 1 aromatic carbocycles. The predicted octanol–water partition coefficient (Wildman–Crippen LogP) is 2.00. The number of nitrogens with one attached hydrogen (secondary N) is 1. The van der Waals surface area contributed by atoms with Gasteiger partial charge in [0.1, 0.15) is 5.82 Å². The largest absolute Gasteiger partial charge is 0.362 e. The van der Waals surface area contributed by atoms with E-state index in [0.29, 0.717) is 24.5 Å². The van der Waals surface area contributed by atoms with E-state index >= 15 is 0 Å². The van der Waals surface area contributed by atoms with Crippen LogP contribution in [0.15, 0.2) is 42.9 Å². The summed E-state index contributed by atoms with van der Waals surface area (Å²) in [5.74, 6) is 0.834. The van der Waals surface area contributed by atoms with Crippen LogP contribution in [0.2, 0.25) is 5.02 Å². The van der Waals surface area contributed by atoms with Crippen molar-refractivity contribution in [3.05, 3.63) is 53.4 Å². The average Bonchev–Trinajstić information content (AvgIpc) is 2.46. The zero-order valence-corrected chi connectivity index (χ0v) is 12.1. The Morgan fingerprint density at radius 1 is 1.33 bits per heavy atom. The number of benzene rings is 1. The molecule has 0 atom stereocenters. The number of likely N-dealkylation sites (tertiary alicyclic amines) is 1. The molecule has 0 aliphatic carbocycles. The molecule has 108 valence electrons. The zero-order chi connectivity index (χ0) is 14.7. The molecule has 0 saturated carbocycles. The van der Waals surface area contributed by atoms with Crippen LogP contribution in [-0.2, 0) is 11.2 Å². The summed E-state index contributed by atoms with van der Waals surface area (Å²) < 4.78 is 0. The molecule has 2 heterocycles. The second-order valence-electron chi connectivity index (χ2n) is 5.00. The van der Waals surface area contributed by atoms with Crippen molar-refractivity contribution in [2.45, 2.75) is 12.5 Å². The van der Waals surface area contributed by atoms with E-state index in [2.05, 4.69) is 15.3 Å². The van der Waals surface area contributed by atoms with Crippen LogP contribution >= 0.6 is 11.6 Å². The molecule has 1 N–H and O–H groups in total. The number of amides is 1. The van der Waals surface area contributed by atoms with Gasteiger partial charge < -0.3 is 10.2 Å². The molecule has 1 aromatic heterocycles. The van der Waals surface area contributed by atoms with Crippen LogP contribution < -0.4 is 5.32 Å². The smallest absolute Gasteiger partial charge is 0.227 e. The van der Waals surface area contributed by atoms with Gasteiger partial charge in [-0.3, -0.25) is 9.78 Å². The Balaban J connectivity index is 1.50. The van der Waals surface area contributed by atoms with Crippen LogP contribution in [0, 0.1) is 0 Å². The quantitative estimate of drug-likeness (QED) is 0.938. The molecule has 1 aliphatic rings. The van der Waals surface area contributed by atoms with Gasteiger partial charge in [-0.1, -0.05) is 29.8 Å². The molecular formula is C15H15ClN4O. The highest BCUT2D eigenvalue weighted by molar-refractivity contribution is 6.31. The van der Waals surface area contributed by atoms with Crippen LogP contribution in [0.25, 0.3) is 0 Å². The summed E-state index contributed by atoms with van der Waals surface area (Å²) >= 11 is 6.07. The Hall–Kier alpha value is -2.14. The second-order valence-corrected chi connectivity index (χ2v) is 5.41. The minimum Gasteiger partial charge on any atom is -0.362 e. The van der Waals surface area contributed by atoms with Gasteiger partial charge in [-0.05, 0) is 11.6 Å².